The number of amides is 2. The zero-order valence-electron chi connectivity index (χ0n) is 16.5. The molecule has 10 heteroatoms. The molecule has 1 aromatic heterocycles. The second-order valence-electron chi connectivity index (χ2n) is 6.87. The van der Waals surface area contributed by atoms with Gasteiger partial charge in [-0.3, -0.25) is 29.9 Å². The molecule has 0 saturated carbocycles. The SMILES string of the molecule is Cc1ccccc1N1C(=O)/C(=C\c2ccc(-c3ccc(Cl)c([N+](=O)[O-])c3)o2)C(=O)NC1=S. The fourth-order valence-corrected chi connectivity index (χ4v) is 3.68. The molecule has 1 saturated heterocycles. The number of carbonyl (C=O) groups excluding carboxylic acids is 2. The molecule has 1 fully saturated rings. The van der Waals surface area contributed by atoms with Crippen LogP contribution in [0.15, 0.2) is 64.6 Å². The number of hydrogen-bond acceptors (Lipinski definition) is 6. The molecule has 8 nitrogen and oxygen atoms in total. The zero-order chi connectivity index (χ0) is 23.0. The third-order valence-corrected chi connectivity index (χ3v) is 5.40. The Bertz CT molecular complexity index is 1330. The Hall–Kier alpha value is -3.82. The molecule has 4 rings (SSSR count). The van der Waals surface area contributed by atoms with E-state index < -0.39 is 16.7 Å². The van der Waals surface area contributed by atoms with Crippen LogP contribution in [0.25, 0.3) is 17.4 Å². The average molecular weight is 468 g/mol. The van der Waals surface area contributed by atoms with Gasteiger partial charge in [-0.1, -0.05) is 29.8 Å². The lowest BCUT2D eigenvalue weighted by Crippen LogP contribution is -2.54. The van der Waals surface area contributed by atoms with Crippen molar-refractivity contribution in [1.29, 1.82) is 0 Å². The fourth-order valence-electron chi connectivity index (χ4n) is 3.22. The van der Waals surface area contributed by atoms with E-state index in [-0.39, 0.29) is 27.2 Å². The number of carbonyl (C=O) groups is 2. The Morgan fingerprint density at radius 1 is 1.16 bits per heavy atom. The number of anilines is 1. The van der Waals surface area contributed by atoms with Gasteiger partial charge < -0.3 is 4.42 Å². The van der Waals surface area contributed by atoms with Gasteiger partial charge in [-0.2, -0.15) is 0 Å². The van der Waals surface area contributed by atoms with Gasteiger partial charge in [-0.05, 0) is 61.1 Å². The summed E-state index contributed by atoms with van der Waals surface area (Å²) in [4.78, 5) is 37.4. The van der Waals surface area contributed by atoms with Crippen molar-refractivity contribution < 1.29 is 18.9 Å². The highest BCUT2D eigenvalue weighted by molar-refractivity contribution is 7.80. The van der Waals surface area contributed by atoms with Gasteiger partial charge in [0.15, 0.2) is 5.11 Å². The molecule has 2 heterocycles. The van der Waals surface area contributed by atoms with E-state index in [4.69, 9.17) is 28.2 Å². The molecule has 0 unspecified atom stereocenters. The first-order valence-electron chi connectivity index (χ1n) is 9.27. The normalized spacial score (nSPS) is 15.2. The first-order valence-corrected chi connectivity index (χ1v) is 10.1. The van der Waals surface area contributed by atoms with E-state index in [1.54, 1.807) is 30.3 Å². The Morgan fingerprint density at radius 3 is 2.62 bits per heavy atom. The van der Waals surface area contributed by atoms with Crippen LogP contribution in [0.3, 0.4) is 0 Å². The van der Waals surface area contributed by atoms with E-state index in [2.05, 4.69) is 5.32 Å². The van der Waals surface area contributed by atoms with Gasteiger partial charge in [0.05, 0.1) is 10.6 Å². The maximum absolute atomic E-state index is 13.1. The lowest BCUT2D eigenvalue weighted by Gasteiger charge is -2.29. The molecule has 32 heavy (non-hydrogen) atoms. The number of rotatable bonds is 4. The Balaban J connectivity index is 1.69. The zero-order valence-corrected chi connectivity index (χ0v) is 18.1. The van der Waals surface area contributed by atoms with Crippen LogP contribution in [0.2, 0.25) is 5.02 Å². The topological polar surface area (TPSA) is 106 Å². The van der Waals surface area contributed by atoms with Crippen LogP contribution < -0.4 is 10.2 Å². The van der Waals surface area contributed by atoms with Crippen molar-refractivity contribution in [2.24, 2.45) is 0 Å². The predicted molar refractivity (Wildman–Crippen MR) is 123 cm³/mol. The molecule has 0 atom stereocenters. The third kappa shape index (κ3) is 3.91. The Labute approximate surface area is 192 Å². The lowest BCUT2D eigenvalue weighted by atomic mass is 10.1. The largest absolute Gasteiger partial charge is 0.457 e. The number of halogens is 1. The predicted octanol–water partition coefficient (Wildman–Crippen LogP) is 4.65. The molecule has 1 aliphatic heterocycles. The monoisotopic (exact) mass is 467 g/mol. The molecule has 0 aliphatic carbocycles. The quantitative estimate of drug-likeness (QED) is 0.197. The number of thiocarbonyl (C=S) groups is 1. The van der Waals surface area contributed by atoms with Crippen molar-refractivity contribution in [3.63, 3.8) is 0 Å². The van der Waals surface area contributed by atoms with Gasteiger partial charge in [-0.15, -0.1) is 0 Å². The van der Waals surface area contributed by atoms with Crippen molar-refractivity contribution in [1.82, 2.24) is 5.32 Å². The third-order valence-electron chi connectivity index (χ3n) is 4.80. The smallest absolute Gasteiger partial charge is 0.288 e. The van der Waals surface area contributed by atoms with Crippen LogP contribution in [-0.2, 0) is 9.59 Å². The van der Waals surface area contributed by atoms with Crippen molar-refractivity contribution in [2.45, 2.75) is 6.92 Å². The Morgan fingerprint density at radius 2 is 1.91 bits per heavy atom. The number of hydrogen-bond donors (Lipinski definition) is 1. The van der Waals surface area contributed by atoms with Crippen LogP contribution in [0.4, 0.5) is 11.4 Å². The molecule has 0 bridgehead atoms. The highest BCUT2D eigenvalue weighted by Crippen LogP contribution is 2.32. The van der Waals surface area contributed by atoms with Crippen LogP contribution in [-0.4, -0.2) is 21.9 Å². The summed E-state index contributed by atoms with van der Waals surface area (Å²) in [5.74, 6) is -0.710. The molecule has 2 aromatic carbocycles. The summed E-state index contributed by atoms with van der Waals surface area (Å²) >= 11 is 11.1. The number of nitrogens with zero attached hydrogens (tertiary/aromatic N) is 2. The van der Waals surface area contributed by atoms with E-state index in [1.807, 2.05) is 19.1 Å². The highest BCUT2D eigenvalue weighted by Gasteiger charge is 2.35. The minimum Gasteiger partial charge on any atom is -0.457 e. The fraction of sp³-hybridized carbons (Fsp3) is 0.0455. The second kappa shape index (κ2) is 8.37. The number of furan rings is 1. The highest BCUT2D eigenvalue weighted by atomic mass is 35.5. The summed E-state index contributed by atoms with van der Waals surface area (Å²) in [6, 6.07) is 14.5. The van der Waals surface area contributed by atoms with Gasteiger partial charge >= 0.3 is 0 Å². The van der Waals surface area contributed by atoms with Crippen LogP contribution in [0.1, 0.15) is 11.3 Å². The first-order chi connectivity index (χ1) is 15.3. The minimum atomic E-state index is -0.648. The van der Waals surface area contributed by atoms with E-state index in [0.29, 0.717) is 17.0 Å². The number of benzene rings is 2. The molecule has 160 valence electrons. The molecular weight excluding hydrogens is 454 g/mol. The summed E-state index contributed by atoms with van der Waals surface area (Å²) in [5, 5.41) is 13.6. The van der Waals surface area contributed by atoms with Crippen molar-refractivity contribution in [2.75, 3.05) is 4.90 Å². The van der Waals surface area contributed by atoms with Crippen LogP contribution >= 0.6 is 23.8 Å². The first kappa shape index (κ1) is 21.4. The van der Waals surface area contributed by atoms with E-state index in [9.17, 15) is 19.7 Å². The molecule has 1 aliphatic rings. The van der Waals surface area contributed by atoms with Crippen LogP contribution in [0, 0.1) is 17.0 Å². The van der Waals surface area contributed by atoms with Crippen LogP contribution in [0.5, 0.6) is 0 Å². The molecular formula is C22H14ClN3O5S. The average Bonchev–Trinajstić information content (AvgIpc) is 3.21. The molecule has 3 aromatic rings. The Kier molecular flexibility index (Phi) is 5.60. The minimum absolute atomic E-state index is 0.00406. The molecule has 1 N–H and O–H groups in total. The summed E-state index contributed by atoms with van der Waals surface area (Å²) in [5.41, 5.74) is 1.37. The molecule has 0 radical (unpaired) electrons. The molecule has 0 spiro atoms. The van der Waals surface area contributed by atoms with Gasteiger partial charge in [-0.25, -0.2) is 0 Å². The van der Waals surface area contributed by atoms with Gasteiger partial charge in [0, 0.05) is 11.6 Å². The summed E-state index contributed by atoms with van der Waals surface area (Å²) in [6.45, 7) is 1.83. The maximum atomic E-state index is 13.1. The van der Waals surface area contributed by atoms with Gasteiger partial charge in [0.25, 0.3) is 17.5 Å². The van der Waals surface area contributed by atoms with Crippen molar-refractivity contribution >= 4 is 58.2 Å². The maximum Gasteiger partial charge on any atom is 0.288 e. The number of nitro groups is 1. The summed E-state index contributed by atoms with van der Waals surface area (Å²) in [7, 11) is 0. The number of nitro benzene ring substituents is 1. The standard InChI is InChI=1S/C22H14ClN3O5S/c1-12-4-2-3-5-17(12)25-21(28)15(20(27)24-22(25)32)11-14-7-9-19(31-14)13-6-8-16(23)18(10-13)26(29)30/h2-11H,1H3,(H,24,27,32)/b15-11-. The number of aryl methyl sites for hydroxylation is 1. The summed E-state index contributed by atoms with van der Waals surface area (Å²) in [6.07, 6.45) is 1.30. The number of para-hydroxylation sites is 1. The summed E-state index contributed by atoms with van der Waals surface area (Å²) < 4.78 is 5.71. The van der Waals surface area contributed by atoms with E-state index >= 15 is 0 Å². The number of nitrogens with one attached hydrogen (secondary N) is 1. The van der Waals surface area contributed by atoms with E-state index in [0.717, 1.165) is 5.56 Å². The second-order valence-corrected chi connectivity index (χ2v) is 7.66. The lowest BCUT2D eigenvalue weighted by molar-refractivity contribution is -0.384. The molecule has 2 amide bonds. The van der Waals surface area contributed by atoms with Crippen molar-refractivity contribution in [3.8, 4) is 11.3 Å². The van der Waals surface area contributed by atoms with E-state index in [1.165, 1.54) is 23.1 Å². The van der Waals surface area contributed by atoms with Crippen molar-refractivity contribution in [3.05, 3.63) is 86.6 Å². The van der Waals surface area contributed by atoms with Gasteiger partial charge in [0.1, 0.15) is 22.1 Å². The van der Waals surface area contributed by atoms with Gasteiger partial charge in [0.2, 0.25) is 0 Å².